The first-order valence-electron chi connectivity index (χ1n) is 6.44. The Labute approximate surface area is 133 Å². The van der Waals surface area contributed by atoms with Gasteiger partial charge in [0.05, 0.1) is 0 Å². The fourth-order valence-corrected chi connectivity index (χ4v) is 1.52. The van der Waals surface area contributed by atoms with E-state index in [2.05, 4.69) is 27.9 Å². The van der Waals surface area contributed by atoms with E-state index < -0.39 is 23.5 Å². The van der Waals surface area contributed by atoms with E-state index in [4.69, 9.17) is 5.11 Å². The van der Waals surface area contributed by atoms with Crippen LogP contribution in [0.2, 0.25) is 0 Å². The molecule has 9 heteroatoms. The molecule has 1 rings (SSSR count). The zero-order valence-corrected chi connectivity index (χ0v) is 13.4. The van der Waals surface area contributed by atoms with Crippen LogP contribution in [0.25, 0.3) is 0 Å². The number of carbonyl (C=O) groups is 2. The van der Waals surface area contributed by atoms with Crippen LogP contribution in [0.4, 0.5) is 0 Å². The van der Waals surface area contributed by atoms with Crippen molar-refractivity contribution in [2.75, 3.05) is 5.75 Å². The summed E-state index contributed by atoms with van der Waals surface area (Å²) in [5.41, 5.74) is -0.392. The van der Waals surface area contributed by atoms with Gasteiger partial charge in [-0.2, -0.15) is 12.6 Å². The van der Waals surface area contributed by atoms with Gasteiger partial charge >= 0.3 is 5.97 Å². The lowest BCUT2D eigenvalue weighted by Crippen LogP contribution is -2.42. The lowest BCUT2D eigenvalue weighted by molar-refractivity contribution is -0.530. The standard InChI is InChI=1S/C13H18N4O4S/c1-13(2,3)17(21)6-8-4-5-14-10(15-8)11(18)16-9(7-22)12(19)20/h4-6,9,22H,7H2,1-3H3,(H,16,18)(H,19,20)/b17-6+. The summed E-state index contributed by atoms with van der Waals surface area (Å²) in [6.07, 6.45) is 2.56. The Balaban J connectivity index is 2.97. The monoisotopic (exact) mass is 326 g/mol. The van der Waals surface area contributed by atoms with E-state index in [1.807, 2.05) is 0 Å². The molecule has 0 fully saturated rings. The fraction of sp³-hybridized carbons (Fsp3) is 0.462. The first-order chi connectivity index (χ1) is 10.1. The summed E-state index contributed by atoms with van der Waals surface area (Å²) in [7, 11) is 0. The highest BCUT2D eigenvalue weighted by molar-refractivity contribution is 7.80. The maximum Gasteiger partial charge on any atom is 0.327 e. The number of rotatable bonds is 5. The van der Waals surface area contributed by atoms with Gasteiger partial charge in [0, 0.05) is 32.7 Å². The topological polar surface area (TPSA) is 118 Å². The van der Waals surface area contributed by atoms with Gasteiger partial charge in [-0.15, -0.1) is 0 Å². The van der Waals surface area contributed by atoms with Crippen molar-refractivity contribution in [2.45, 2.75) is 32.4 Å². The Bertz CT molecular complexity index is 598. The number of aromatic nitrogens is 2. The molecule has 0 bridgehead atoms. The Morgan fingerprint density at radius 2 is 2.18 bits per heavy atom. The number of nitrogens with zero attached hydrogens (tertiary/aromatic N) is 3. The molecule has 8 nitrogen and oxygen atoms in total. The number of hydroxylamine groups is 1. The van der Waals surface area contributed by atoms with Gasteiger partial charge in [-0.05, 0) is 6.07 Å². The van der Waals surface area contributed by atoms with E-state index >= 15 is 0 Å². The third-order valence-electron chi connectivity index (χ3n) is 2.58. The van der Waals surface area contributed by atoms with Gasteiger partial charge in [-0.3, -0.25) is 4.79 Å². The Hall–Kier alpha value is -2.16. The van der Waals surface area contributed by atoms with Gasteiger partial charge in [0.2, 0.25) is 12.0 Å². The number of carboxylic acids is 1. The lowest BCUT2D eigenvalue weighted by atomic mass is 10.1. The SMILES string of the molecule is CC(C)(C)/[N+]([O-])=C\c1ccnc(C(=O)NC(CS)C(=O)O)n1. The summed E-state index contributed by atoms with van der Waals surface area (Å²) in [5, 5.41) is 23.0. The van der Waals surface area contributed by atoms with Gasteiger partial charge in [0.15, 0.2) is 5.54 Å². The highest BCUT2D eigenvalue weighted by atomic mass is 32.1. The van der Waals surface area contributed by atoms with Crippen molar-refractivity contribution < 1.29 is 19.4 Å². The molecule has 0 aromatic carbocycles. The van der Waals surface area contributed by atoms with Crippen molar-refractivity contribution in [2.24, 2.45) is 0 Å². The maximum absolute atomic E-state index is 11.9. The normalized spacial score (nSPS) is 13.5. The number of carboxylic acid groups (broad SMARTS) is 1. The molecule has 1 aromatic rings. The predicted molar refractivity (Wildman–Crippen MR) is 83.3 cm³/mol. The lowest BCUT2D eigenvalue weighted by Gasteiger charge is -2.18. The summed E-state index contributed by atoms with van der Waals surface area (Å²) in [6, 6.07) is 0.332. The Kier molecular flexibility index (Phi) is 5.86. The van der Waals surface area contributed by atoms with Gasteiger partial charge in [0.1, 0.15) is 11.7 Å². The van der Waals surface area contributed by atoms with E-state index in [0.29, 0.717) is 4.74 Å². The molecular weight excluding hydrogens is 308 g/mol. The number of nitrogens with one attached hydrogen (secondary N) is 1. The van der Waals surface area contributed by atoms with Crippen LogP contribution in [0, 0.1) is 5.21 Å². The molecule has 1 amide bonds. The van der Waals surface area contributed by atoms with Gasteiger partial charge in [-0.1, -0.05) is 0 Å². The number of hydrogen-bond acceptors (Lipinski definition) is 6. The van der Waals surface area contributed by atoms with E-state index in [-0.39, 0.29) is 17.3 Å². The zero-order valence-electron chi connectivity index (χ0n) is 12.5. The predicted octanol–water partition coefficient (Wildman–Crippen LogP) is 0.317. The summed E-state index contributed by atoms with van der Waals surface area (Å²) in [4.78, 5) is 30.5. The van der Waals surface area contributed by atoms with Gasteiger partial charge in [0.25, 0.3) is 5.91 Å². The average Bonchev–Trinajstić information content (AvgIpc) is 2.43. The maximum atomic E-state index is 11.9. The van der Waals surface area contributed by atoms with Crippen LogP contribution in [0.1, 0.15) is 37.1 Å². The van der Waals surface area contributed by atoms with Crippen molar-refractivity contribution in [3.05, 3.63) is 29.0 Å². The molecule has 1 heterocycles. The highest BCUT2D eigenvalue weighted by Crippen LogP contribution is 2.05. The van der Waals surface area contributed by atoms with Crippen molar-refractivity contribution in [1.82, 2.24) is 15.3 Å². The van der Waals surface area contributed by atoms with Crippen molar-refractivity contribution in [3.63, 3.8) is 0 Å². The largest absolute Gasteiger partial charge is 0.623 e. The first kappa shape index (κ1) is 17.9. The number of hydrogen-bond donors (Lipinski definition) is 3. The summed E-state index contributed by atoms with van der Waals surface area (Å²) in [6.45, 7) is 5.19. The zero-order chi connectivity index (χ0) is 16.9. The van der Waals surface area contributed by atoms with Crippen LogP contribution in [-0.4, -0.2) is 55.2 Å². The Morgan fingerprint density at radius 3 is 2.68 bits per heavy atom. The quantitative estimate of drug-likeness (QED) is 0.236. The second-order valence-electron chi connectivity index (χ2n) is 5.48. The van der Waals surface area contributed by atoms with E-state index in [9.17, 15) is 14.8 Å². The number of thiol groups is 1. The molecule has 120 valence electrons. The molecule has 0 saturated heterocycles. The fourth-order valence-electron chi connectivity index (χ4n) is 1.28. The van der Waals surface area contributed by atoms with Crippen LogP contribution >= 0.6 is 12.6 Å². The molecule has 0 saturated carbocycles. The molecular formula is C13H18N4O4S. The smallest absolute Gasteiger partial charge is 0.327 e. The number of amides is 1. The van der Waals surface area contributed by atoms with E-state index in [0.717, 1.165) is 0 Å². The average molecular weight is 326 g/mol. The third-order valence-corrected chi connectivity index (χ3v) is 2.94. The van der Waals surface area contributed by atoms with Crippen LogP contribution in [0.15, 0.2) is 12.3 Å². The van der Waals surface area contributed by atoms with E-state index in [1.165, 1.54) is 18.5 Å². The molecule has 1 aromatic heterocycles. The second kappa shape index (κ2) is 7.21. The molecule has 0 aliphatic rings. The minimum atomic E-state index is -1.20. The number of aliphatic carboxylic acids is 1. The number of carbonyl (C=O) groups excluding carboxylic acids is 1. The highest BCUT2D eigenvalue weighted by Gasteiger charge is 2.21. The molecule has 2 N–H and O–H groups in total. The molecule has 0 aliphatic carbocycles. The third kappa shape index (κ3) is 4.99. The summed E-state index contributed by atoms with van der Waals surface area (Å²) < 4.78 is 0.713. The van der Waals surface area contributed by atoms with Crippen LogP contribution in [0.3, 0.4) is 0 Å². The first-order valence-corrected chi connectivity index (χ1v) is 7.07. The van der Waals surface area contributed by atoms with Gasteiger partial charge < -0.3 is 15.6 Å². The molecule has 1 atom stereocenters. The van der Waals surface area contributed by atoms with E-state index in [1.54, 1.807) is 20.8 Å². The van der Waals surface area contributed by atoms with Crippen LogP contribution < -0.4 is 5.32 Å². The minimum absolute atomic E-state index is 0.0642. The molecule has 0 aliphatic heterocycles. The van der Waals surface area contributed by atoms with Crippen molar-refractivity contribution in [3.8, 4) is 0 Å². The summed E-state index contributed by atoms with van der Waals surface area (Å²) in [5.74, 6) is -2.23. The van der Waals surface area contributed by atoms with Gasteiger partial charge in [-0.25, -0.2) is 19.5 Å². The van der Waals surface area contributed by atoms with Crippen molar-refractivity contribution in [1.29, 1.82) is 0 Å². The molecule has 0 radical (unpaired) electrons. The minimum Gasteiger partial charge on any atom is -0.623 e. The molecule has 22 heavy (non-hydrogen) atoms. The Morgan fingerprint density at radius 1 is 1.55 bits per heavy atom. The molecule has 0 spiro atoms. The summed E-state index contributed by atoms with van der Waals surface area (Å²) >= 11 is 3.85. The van der Waals surface area contributed by atoms with Crippen molar-refractivity contribution >= 4 is 30.7 Å². The molecule has 1 unspecified atom stereocenters. The van der Waals surface area contributed by atoms with Crippen LogP contribution in [0.5, 0.6) is 0 Å². The van der Waals surface area contributed by atoms with Crippen LogP contribution in [-0.2, 0) is 4.79 Å². The second-order valence-corrected chi connectivity index (χ2v) is 5.84.